The predicted octanol–water partition coefficient (Wildman–Crippen LogP) is 3.35. The van der Waals surface area contributed by atoms with Crippen LogP contribution >= 0.6 is 11.3 Å². The molecule has 1 aliphatic rings. The van der Waals surface area contributed by atoms with Gasteiger partial charge in [-0.3, -0.25) is 19.6 Å². The van der Waals surface area contributed by atoms with Crippen molar-refractivity contribution in [2.75, 3.05) is 31.5 Å². The summed E-state index contributed by atoms with van der Waals surface area (Å²) >= 11 is 1.57. The van der Waals surface area contributed by atoms with E-state index in [1.54, 1.807) is 11.3 Å². The van der Waals surface area contributed by atoms with E-state index in [-0.39, 0.29) is 5.91 Å². The molecule has 3 aromatic rings. The number of rotatable bonds is 7. The highest BCUT2D eigenvalue weighted by atomic mass is 32.1. The number of amides is 1. The van der Waals surface area contributed by atoms with Gasteiger partial charge in [0.05, 0.1) is 17.8 Å². The molecule has 0 aliphatic carbocycles. The highest BCUT2D eigenvalue weighted by molar-refractivity contribution is 7.09. The van der Waals surface area contributed by atoms with Gasteiger partial charge in [-0.05, 0) is 30.7 Å². The number of carbonyl (C=O) groups is 1. The number of nitrogens with zero attached hydrogens (tertiary/aromatic N) is 4. The Labute approximate surface area is 181 Å². The van der Waals surface area contributed by atoms with Crippen LogP contribution in [-0.2, 0) is 24.3 Å². The van der Waals surface area contributed by atoms with E-state index in [4.69, 9.17) is 0 Å². The van der Waals surface area contributed by atoms with Crippen LogP contribution in [-0.4, -0.2) is 51.9 Å². The second kappa shape index (κ2) is 9.93. The number of aromatic nitrogens is 2. The monoisotopic (exact) mass is 421 g/mol. The number of aryl methyl sites for hydroxylation is 1. The van der Waals surface area contributed by atoms with E-state index in [0.717, 1.165) is 66.9 Å². The van der Waals surface area contributed by atoms with Gasteiger partial charge in [0.15, 0.2) is 0 Å². The molecule has 0 unspecified atom stereocenters. The van der Waals surface area contributed by atoms with Gasteiger partial charge in [-0.2, -0.15) is 0 Å². The summed E-state index contributed by atoms with van der Waals surface area (Å²) in [6.07, 6.45) is 2.17. The quantitative estimate of drug-likeness (QED) is 0.634. The number of hydrogen-bond acceptors (Lipinski definition) is 6. The molecule has 4 rings (SSSR count). The average Bonchev–Trinajstić information content (AvgIpc) is 3.18. The number of pyridine rings is 1. The van der Waals surface area contributed by atoms with Crippen LogP contribution in [0.3, 0.4) is 0 Å². The van der Waals surface area contributed by atoms with Crippen molar-refractivity contribution in [2.24, 2.45) is 0 Å². The number of benzene rings is 1. The zero-order chi connectivity index (χ0) is 20.8. The summed E-state index contributed by atoms with van der Waals surface area (Å²) in [6.45, 7) is 7.85. The smallest absolute Gasteiger partial charge is 0.231 e. The van der Waals surface area contributed by atoms with Crippen LogP contribution in [0.1, 0.15) is 22.0 Å². The molecule has 6 nitrogen and oxygen atoms in total. The molecule has 1 saturated heterocycles. The number of para-hydroxylation sites is 1. The molecule has 0 saturated carbocycles. The maximum absolute atomic E-state index is 12.4. The lowest BCUT2D eigenvalue weighted by Gasteiger charge is -2.34. The van der Waals surface area contributed by atoms with Gasteiger partial charge >= 0.3 is 0 Å². The summed E-state index contributed by atoms with van der Waals surface area (Å²) in [5.41, 5.74) is 4.10. The first-order valence-corrected chi connectivity index (χ1v) is 11.2. The average molecular weight is 422 g/mol. The lowest BCUT2D eigenvalue weighted by molar-refractivity contribution is -0.115. The topological polar surface area (TPSA) is 61.4 Å². The van der Waals surface area contributed by atoms with Crippen LogP contribution < -0.4 is 5.32 Å². The molecule has 1 fully saturated rings. The van der Waals surface area contributed by atoms with Gasteiger partial charge in [-0.1, -0.05) is 24.3 Å². The molecule has 0 bridgehead atoms. The van der Waals surface area contributed by atoms with Crippen LogP contribution in [0.25, 0.3) is 0 Å². The molecule has 30 heavy (non-hydrogen) atoms. The summed E-state index contributed by atoms with van der Waals surface area (Å²) in [6, 6.07) is 13.9. The Kier molecular flexibility index (Phi) is 6.84. The van der Waals surface area contributed by atoms with Crippen molar-refractivity contribution in [3.63, 3.8) is 0 Å². The molecule has 7 heteroatoms. The fourth-order valence-corrected chi connectivity index (χ4v) is 4.39. The number of anilines is 1. The molecular weight excluding hydrogens is 394 g/mol. The van der Waals surface area contributed by atoms with Gasteiger partial charge in [0.25, 0.3) is 0 Å². The maximum Gasteiger partial charge on any atom is 0.231 e. The molecule has 1 amide bonds. The van der Waals surface area contributed by atoms with Gasteiger partial charge in [-0.25, -0.2) is 4.98 Å². The summed E-state index contributed by atoms with van der Waals surface area (Å²) < 4.78 is 0. The minimum absolute atomic E-state index is 0.0201. The zero-order valence-corrected chi connectivity index (χ0v) is 18.1. The second-order valence-electron chi connectivity index (χ2n) is 7.65. The first-order valence-electron chi connectivity index (χ1n) is 10.3. The van der Waals surface area contributed by atoms with Crippen molar-refractivity contribution in [1.82, 2.24) is 19.8 Å². The van der Waals surface area contributed by atoms with E-state index in [1.165, 1.54) is 0 Å². The third kappa shape index (κ3) is 5.72. The first-order chi connectivity index (χ1) is 14.7. The zero-order valence-electron chi connectivity index (χ0n) is 17.3. The Bertz CT molecular complexity index is 966. The van der Waals surface area contributed by atoms with E-state index < -0.39 is 0 Å². The van der Waals surface area contributed by atoms with Crippen LogP contribution in [0, 0.1) is 6.92 Å². The minimum atomic E-state index is -0.0201. The third-order valence-corrected chi connectivity index (χ3v) is 6.19. The van der Waals surface area contributed by atoms with Crippen molar-refractivity contribution in [3.05, 3.63) is 76.0 Å². The Balaban J connectivity index is 1.23. The van der Waals surface area contributed by atoms with Crippen molar-refractivity contribution in [1.29, 1.82) is 0 Å². The predicted molar refractivity (Wildman–Crippen MR) is 120 cm³/mol. The number of nitrogens with one attached hydrogen (secondary N) is 1. The summed E-state index contributed by atoms with van der Waals surface area (Å²) in [5, 5.41) is 5.93. The van der Waals surface area contributed by atoms with Gasteiger partial charge in [0.2, 0.25) is 5.91 Å². The van der Waals surface area contributed by atoms with Crippen LogP contribution in [0.4, 0.5) is 5.69 Å². The Morgan fingerprint density at radius 1 is 1.00 bits per heavy atom. The standard InChI is InChI=1S/C23H27N5OS/c1-18-6-2-3-8-21(18)26-22(29)14-23-25-20(17-30-23)16-28-12-10-27(11-13-28)15-19-7-4-5-9-24-19/h2-9,17H,10-16H2,1H3,(H,26,29). The van der Waals surface area contributed by atoms with E-state index >= 15 is 0 Å². The normalized spacial score (nSPS) is 15.2. The summed E-state index contributed by atoms with van der Waals surface area (Å²) in [5.74, 6) is -0.0201. The third-order valence-electron chi connectivity index (χ3n) is 5.29. The minimum Gasteiger partial charge on any atom is -0.325 e. The molecule has 1 N–H and O–H groups in total. The van der Waals surface area contributed by atoms with E-state index in [2.05, 4.69) is 36.5 Å². The number of hydrogen-bond donors (Lipinski definition) is 1. The first kappa shape index (κ1) is 20.7. The van der Waals surface area contributed by atoms with Gasteiger partial charge in [0, 0.05) is 56.5 Å². The number of carbonyl (C=O) groups excluding carboxylic acids is 1. The largest absolute Gasteiger partial charge is 0.325 e. The van der Waals surface area contributed by atoms with Gasteiger partial charge < -0.3 is 5.32 Å². The molecule has 3 heterocycles. The lowest BCUT2D eigenvalue weighted by atomic mass is 10.2. The highest BCUT2D eigenvalue weighted by Gasteiger charge is 2.18. The fraction of sp³-hybridized carbons (Fsp3) is 0.348. The maximum atomic E-state index is 12.4. The molecule has 0 radical (unpaired) electrons. The van der Waals surface area contributed by atoms with Gasteiger partial charge in [-0.15, -0.1) is 11.3 Å². The van der Waals surface area contributed by atoms with Crippen molar-refractivity contribution in [3.8, 4) is 0 Å². The second-order valence-corrected chi connectivity index (χ2v) is 8.59. The molecule has 0 spiro atoms. The highest BCUT2D eigenvalue weighted by Crippen LogP contribution is 2.17. The lowest BCUT2D eigenvalue weighted by Crippen LogP contribution is -2.45. The molecule has 2 aromatic heterocycles. The Morgan fingerprint density at radius 3 is 2.40 bits per heavy atom. The molecule has 1 aromatic carbocycles. The summed E-state index contributed by atoms with van der Waals surface area (Å²) in [4.78, 5) is 26.3. The Hall–Kier alpha value is -2.61. The number of thiazole rings is 1. The fourth-order valence-electron chi connectivity index (χ4n) is 3.60. The SMILES string of the molecule is Cc1ccccc1NC(=O)Cc1nc(CN2CCN(Cc3ccccn3)CC2)cs1. The molecular formula is C23H27N5OS. The van der Waals surface area contributed by atoms with Crippen LogP contribution in [0.15, 0.2) is 54.0 Å². The van der Waals surface area contributed by atoms with Crippen molar-refractivity contribution < 1.29 is 4.79 Å². The van der Waals surface area contributed by atoms with E-state index in [0.29, 0.717) is 6.42 Å². The summed E-state index contributed by atoms with van der Waals surface area (Å²) in [7, 11) is 0. The van der Waals surface area contributed by atoms with Crippen molar-refractivity contribution in [2.45, 2.75) is 26.4 Å². The molecule has 0 atom stereocenters. The molecule has 1 aliphatic heterocycles. The van der Waals surface area contributed by atoms with Crippen LogP contribution in [0.5, 0.6) is 0 Å². The molecule has 156 valence electrons. The van der Waals surface area contributed by atoms with Gasteiger partial charge in [0.1, 0.15) is 5.01 Å². The van der Waals surface area contributed by atoms with Crippen LogP contribution in [0.2, 0.25) is 0 Å². The Morgan fingerprint density at radius 2 is 1.70 bits per heavy atom. The van der Waals surface area contributed by atoms with Crippen molar-refractivity contribution >= 4 is 22.9 Å². The van der Waals surface area contributed by atoms with E-state index in [9.17, 15) is 4.79 Å². The number of piperazine rings is 1. The van der Waals surface area contributed by atoms with E-state index in [1.807, 2.05) is 49.5 Å².